The highest BCUT2D eigenvalue weighted by molar-refractivity contribution is 6.31. The molecule has 0 aliphatic carbocycles. The summed E-state index contributed by atoms with van der Waals surface area (Å²) in [6.45, 7) is 4.15. The molecule has 0 bridgehead atoms. The molecule has 126 valence electrons. The second-order valence-electron chi connectivity index (χ2n) is 5.56. The van der Waals surface area contributed by atoms with E-state index >= 15 is 0 Å². The summed E-state index contributed by atoms with van der Waals surface area (Å²) in [6, 6.07) is 15.0. The predicted octanol–water partition coefficient (Wildman–Crippen LogP) is 4.95. The summed E-state index contributed by atoms with van der Waals surface area (Å²) >= 11 is 6.33. The van der Waals surface area contributed by atoms with E-state index in [1.165, 1.54) is 5.56 Å². The Labute approximate surface area is 151 Å². The van der Waals surface area contributed by atoms with Crippen molar-refractivity contribution in [2.75, 3.05) is 6.61 Å². The SMILES string of the molecule is CCOC(=O)c1ccc(-c2cnc(-c3ccc(C)cc3)c(Cl)n2)cc1. The maximum atomic E-state index is 11.7. The molecule has 0 saturated carbocycles. The molecule has 0 N–H and O–H groups in total. The quantitative estimate of drug-likeness (QED) is 0.623. The lowest BCUT2D eigenvalue weighted by Crippen LogP contribution is -2.04. The van der Waals surface area contributed by atoms with Crippen molar-refractivity contribution in [2.24, 2.45) is 0 Å². The van der Waals surface area contributed by atoms with Gasteiger partial charge in [-0.15, -0.1) is 0 Å². The summed E-state index contributed by atoms with van der Waals surface area (Å²) in [5.41, 5.74) is 4.72. The van der Waals surface area contributed by atoms with Crippen LogP contribution in [-0.4, -0.2) is 22.5 Å². The van der Waals surface area contributed by atoms with E-state index < -0.39 is 0 Å². The first-order valence-corrected chi connectivity index (χ1v) is 8.33. The van der Waals surface area contributed by atoms with Crippen LogP contribution in [0.2, 0.25) is 5.15 Å². The number of esters is 1. The number of carbonyl (C=O) groups excluding carboxylic acids is 1. The normalized spacial score (nSPS) is 10.5. The van der Waals surface area contributed by atoms with Crippen LogP contribution in [0.3, 0.4) is 0 Å². The summed E-state index contributed by atoms with van der Waals surface area (Å²) in [5, 5.41) is 0.343. The lowest BCUT2D eigenvalue weighted by Gasteiger charge is -2.07. The average Bonchev–Trinajstić information content (AvgIpc) is 2.63. The van der Waals surface area contributed by atoms with E-state index in [4.69, 9.17) is 16.3 Å². The van der Waals surface area contributed by atoms with Gasteiger partial charge in [-0.3, -0.25) is 4.98 Å². The van der Waals surface area contributed by atoms with E-state index in [0.29, 0.717) is 28.7 Å². The topological polar surface area (TPSA) is 52.1 Å². The van der Waals surface area contributed by atoms with Crippen molar-refractivity contribution in [3.05, 3.63) is 71.0 Å². The molecule has 1 heterocycles. The monoisotopic (exact) mass is 352 g/mol. The van der Waals surface area contributed by atoms with Gasteiger partial charge in [0.25, 0.3) is 0 Å². The second-order valence-corrected chi connectivity index (χ2v) is 5.92. The van der Waals surface area contributed by atoms with E-state index in [-0.39, 0.29) is 5.97 Å². The predicted molar refractivity (Wildman–Crippen MR) is 98.6 cm³/mol. The highest BCUT2D eigenvalue weighted by atomic mass is 35.5. The lowest BCUT2D eigenvalue weighted by atomic mass is 10.1. The molecular weight excluding hydrogens is 336 g/mol. The van der Waals surface area contributed by atoms with Gasteiger partial charge in [0.15, 0.2) is 5.15 Å². The Kier molecular flexibility index (Phi) is 5.10. The molecule has 5 heteroatoms. The number of aromatic nitrogens is 2. The van der Waals surface area contributed by atoms with Crippen LogP contribution in [0, 0.1) is 6.92 Å². The molecule has 0 fully saturated rings. The van der Waals surface area contributed by atoms with Gasteiger partial charge in [-0.2, -0.15) is 0 Å². The van der Waals surface area contributed by atoms with Crippen molar-refractivity contribution in [2.45, 2.75) is 13.8 Å². The lowest BCUT2D eigenvalue weighted by molar-refractivity contribution is 0.0526. The van der Waals surface area contributed by atoms with Gasteiger partial charge in [-0.05, 0) is 26.0 Å². The number of ether oxygens (including phenoxy) is 1. The Hall–Kier alpha value is -2.72. The molecule has 0 atom stereocenters. The number of hydrogen-bond acceptors (Lipinski definition) is 4. The van der Waals surface area contributed by atoms with Gasteiger partial charge in [0.2, 0.25) is 0 Å². The summed E-state index contributed by atoms with van der Waals surface area (Å²) < 4.78 is 4.98. The Morgan fingerprint density at radius 1 is 1.04 bits per heavy atom. The highest BCUT2D eigenvalue weighted by Crippen LogP contribution is 2.27. The van der Waals surface area contributed by atoms with Gasteiger partial charge in [-0.25, -0.2) is 9.78 Å². The number of halogens is 1. The van der Waals surface area contributed by atoms with Crippen LogP contribution in [0.15, 0.2) is 54.7 Å². The molecular formula is C20H17ClN2O2. The standard InChI is InChI=1S/C20H17ClN2O2/c1-3-25-20(24)16-10-8-14(9-11-16)17-12-22-18(19(21)23-17)15-6-4-13(2)5-7-15/h4-12H,3H2,1-2H3. The van der Waals surface area contributed by atoms with E-state index in [1.54, 1.807) is 37.4 Å². The van der Waals surface area contributed by atoms with Crippen molar-refractivity contribution < 1.29 is 9.53 Å². The average molecular weight is 353 g/mol. The van der Waals surface area contributed by atoms with E-state index in [1.807, 2.05) is 31.2 Å². The molecule has 0 unspecified atom stereocenters. The number of hydrogen-bond donors (Lipinski definition) is 0. The van der Waals surface area contributed by atoms with Crippen molar-refractivity contribution in [3.8, 4) is 22.5 Å². The molecule has 4 nitrogen and oxygen atoms in total. The van der Waals surface area contributed by atoms with Crippen LogP contribution in [0.4, 0.5) is 0 Å². The molecule has 0 spiro atoms. The zero-order valence-corrected chi connectivity index (χ0v) is 14.7. The minimum atomic E-state index is -0.340. The number of aryl methyl sites for hydroxylation is 1. The summed E-state index contributed by atoms with van der Waals surface area (Å²) in [6.07, 6.45) is 1.68. The Balaban J connectivity index is 1.87. The fourth-order valence-corrected chi connectivity index (χ4v) is 2.65. The van der Waals surface area contributed by atoms with E-state index in [0.717, 1.165) is 11.1 Å². The molecule has 2 aromatic carbocycles. The van der Waals surface area contributed by atoms with Gasteiger partial charge in [-0.1, -0.05) is 53.6 Å². The van der Waals surface area contributed by atoms with Crippen LogP contribution >= 0.6 is 11.6 Å². The number of benzene rings is 2. The van der Waals surface area contributed by atoms with Gasteiger partial charge < -0.3 is 4.74 Å². The second kappa shape index (κ2) is 7.45. The smallest absolute Gasteiger partial charge is 0.338 e. The molecule has 25 heavy (non-hydrogen) atoms. The highest BCUT2D eigenvalue weighted by Gasteiger charge is 2.11. The van der Waals surface area contributed by atoms with Gasteiger partial charge in [0.05, 0.1) is 24.1 Å². The summed E-state index contributed by atoms with van der Waals surface area (Å²) in [7, 11) is 0. The number of nitrogens with zero attached hydrogens (tertiary/aromatic N) is 2. The van der Waals surface area contributed by atoms with Crippen LogP contribution in [-0.2, 0) is 4.74 Å². The summed E-state index contributed by atoms with van der Waals surface area (Å²) in [5.74, 6) is -0.340. The molecule has 0 aliphatic heterocycles. The third kappa shape index (κ3) is 3.86. The molecule has 0 saturated heterocycles. The van der Waals surface area contributed by atoms with Gasteiger partial charge in [0, 0.05) is 11.1 Å². The van der Waals surface area contributed by atoms with Crippen molar-refractivity contribution in [1.29, 1.82) is 0 Å². The van der Waals surface area contributed by atoms with Crippen molar-refractivity contribution >= 4 is 17.6 Å². The number of rotatable bonds is 4. The van der Waals surface area contributed by atoms with Crippen LogP contribution in [0.5, 0.6) is 0 Å². The maximum absolute atomic E-state index is 11.7. The minimum Gasteiger partial charge on any atom is -0.462 e. The van der Waals surface area contributed by atoms with E-state index in [9.17, 15) is 4.79 Å². The van der Waals surface area contributed by atoms with Crippen molar-refractivity contribution in [1.82, 2.24) is 9.97 Å². The molecule has 0 amide bonds. The zero-order chi connectivity index (χ0) is 17.8. The largest absolute Gasteiger partial charge is 0.462 e. The van der Waals surface area contributed by atoms with E-state index in [2.05, 4.69) is 9.97 Å². The van der Waals surface area contributed by atoms with Crippen LogP contribution in [0.25, 0.3) is 22.5 Å². The third-order valence-corrected chi connectivity index (χ3v) is 4.01. The molecule has 0 radical (unpaired) electrons. The Morgan fingerprint density at radius 2 is 1.68 bits per heavy atom. The van der Waals surface area contributed by atoms with Crippen LogP contribution < -0.4 is 0 Å². The van der Waals surface area contributed by atoms with Crippen LogP contribution in [0.1, 0.15) is 22.8 Å². The fourth-order valence-electron chi connectivity index (χ4n) is 2.40. The first-order chi connectivity index (χ1) is 12.1. The third-order valence-electron chi connectivity index (χ3n) is 3.75. The minimum absolute atomic E-state index is 0.340. The Bertz CT molecular complexity index is 891. The van der Waals surface area contributed by atoms with Gasteiger partial charge in [0.1, 0.15) is 5.69 Å². The van der Waals surface area contributed by atoms with Crippen molar-refractivity contribution in [3.63, 3.8) is 0 Å². The first kappa shape index (κ1) is 17.1. The summed E-state index contributed by atoms with van der Waals surface area (Å²) in [4.78, 5) is 20.6. The van der Waals surface area contributed by atoms with Gasteiger partial charge >= 0.3 is 5.97 Å². The maximum Gasteiger partial charge on any atom is 0.338 e. The molecule has 0 aliphatic rings. The molecule has 1 aromatic heterocycles. The number of carbonyl (C=O) groups is 1. The zero-order valence-electron chi connectivity index (χ0n) is 14.0. The molecule has 3 aromatic rings. The molecule has 3 rings (SSSR count). The first-order valence-electron chi connectivity index (χ1n) is 7.95. The Morgan fingerprint density at radius 3 is 2.28 bits per heavy atom. The fraction of sp³-hybridized carbons (Fsp3) is 0.150.